The topological polar surface area (TPSA) is 85.3 Å². The molecule has 1 N–H and O–H groups in total. The lowest BCUT2D eigenvalue weighted by molar-refractivity contribution is -0.139. The third kappa shape index (κ3) is 5.19. The number of benzene rings is 2. The zero-order valence-corrected chi connectivity index (χ0v) is 20.5. The van der Waals surface area contributed by atoms with Crippen molar-refractivity contribution in [2.75, 3.05) is 20.8 Å². The van der Waals surface area contributed by atoms with Crippen molar-refractivity contribution in [1.29, 1.82) is 0 Å². The van der Waals surface area contributed by atoms with Gasteiger partial charge in [-0.3, -0.25) is 9.59 Å². The van der Waals surface area contributed by atoms with Crippen LogP contribution in [0.2, 0.25) is 0 Å². The first-order valence-electron chi connectivity index (χ1n) is 11.6. The van der Waals surface area contributed by atoms with Crippen molar-refractivity contribution < 1.29 is 28.9 Å². The van der Waals surface area contributed by atoms with E-state index in [1.54, 1.807) is 23.1 Å². The van der Waals surface area contributed by atoms with Crippen molar-refractivity contribution in [3.05, 3.63) is 59.2 Å². The fourth-order valence-electron chi connectivity index (χ4n) is 4.16. The van der Waals surface area contributed by atoms with Crippen molar-refractivity contribution >= 4 is 17.4 Å². The molecule has 0 saturated carbocycles. The van der Waals surface area contributed by atoms with Crippen LogP contribution in [-0.4, -0.2) is 48.6 Å². The van der Waals surface area contributed by atoms with Crippen LogP contribution < -0.4 is 14.2 Å². The Morgan fingerprint density at radius 1 is 1.03 bits per heavy atom. The number of Topliss-reactive ketones (excluding diaryl/α,β-unsaturated/α-hetero) is 1. The first-order valence-corrected chi connectivity index (χ1v) is 11.6. The van der Waals surface area contributed by atoms with Crippen LogP contribution in [0.3, 0.4) is 0 Å². The van der Waals surface area contributed by atoms with Crippen molar-refractivity contribution in [1.82, 2.24) is 4.90 Å². The molecule has 3 rings (SSSR count). The van der Waals surface area contributed by atoms with E-state index in [2.05, 4.69) is 6.92 Å². The number of amides is 1. The molecular weight excluding hydrogens is 434 g/mol. The number of nitrogens with zero attached hydrogens (tertiary/aromatic N) is 1. The molecule has 1 amide bonds. The molecule has 7 nitrogen and oxygen atoms in total. The first-order chi connectivity index (χ1) is 16.3. The third-order valence-electron chi connectivity index (χ3n) is 5.75. The second-order valence-electron chi connectivity index (χ2n) is 8.50. The molecule has 0 radical (unpaired) electrons. The highest BCUT2D eigenvalue weighted by Gasteiger charge is 2.46. The maximum atomic E-state index is 13.2. The van der Waals surface area contributed by atoms with E-state index >= 15 is 0 Å². The van der Waals surface area contributed by atoms with E-state index in [4.69, 9.17) is 14.2 Å². The Labute approximate surface area is 200 Å². The van der Waals surface area contributed by atoms with Gasteiger partial charge in [-0.25, -0.2) is 0 Å². The number of unbranched alkanes of at least 4 members (excludes halogenated alkanes) is 2. The van der Waals surface area contributed by atoms with Gasteiger partial charge in [-0.15, -0.1) is 0 Å². The first kappa shape index (κ1) is 25.1. The molecule has 1 saturated heterocycles. The van der Waals surface area contributed by atoms with E-state index in [1.165, 1.54) is 14.2 Å². The van der Waals surface area contributed by atoms with E-state index in [-0.39, 0.29) is 17.4 Å². The van der Waals surface area contributed by atoms with Crippen molar-refractivity contribution in [3.63, 3.8) is 0 Å². The van der Waals surface area contributed by atoms with Gasteiger partial charge in [0, 0.05) is 12.6 Å². The normalized spacial score (nSPS) is 17.4. The third-order valence-corrected chi connectivity index (χ3v) is 5.75. The highest BCUT2D eigenvalue weighted by atomic mass is 16.5. The van der Waals surface area contributed by atoms with Crippen LogP contribution in [0.4, 0.5) is 0 Å². The van der Waals surface area contributed by atoms with Gasteiger partial charge in [0.2, 0.25) is 0 Å². The van der Waals surface area contributed by atoms with E-state index in [9.17, 15) is 14.7 Å². The zero-order valence-electron chi connectivity index (χ0n) is 20.5. The van der Waals surface area contributed by atoms with E-state index < -0.39 is 17.7 Å². The predicted molar refractivity (Wildman–Crippen MR) is 130 cm³/mol. The maximum absolute atomic E-state index is 13.2. The van der Waals surface area contributed by atoms with Crippen LogP contribution in [0.15, 0.2) is 48.0 Å². The standard InChI is InChI=1S/C27H33NO6/c1-6-7-8-14-28-24(18-10-9-11-20(15-18)34-17(2)3)23(26(30)27(28)31)25(29)21-13-12-19(32-4)16-22(21)33-5/h9-13,15-17,24,29H,6-8,14H2,1-5H3/b25-23-. The molecule has 0 spiro atoms. The minimum absolute atomic E-state index is 0.0327. The van der Waals surface area contributed by atoms with Crippen molar-refractivity contribution in [2.24, 2.45) is 0 Å². The van der Waals surface area contributed by atoms with Crippen molar-refractivity contribution in [2.45, 2.75) is 52.2 Å². The van der Waals surface area contributed by atoms with Gasteiger partial charge >= 0.3 is 0 Å². The highest BCUT2D eigenvalue weighted by Crippen LogP contribution is 2.42. The molecule has 2 aromatic rings. The average molecular weight is 468 g/mol. The molecule has 1 aliphatic rings. The summed E-state index contributed by atoms with van der Waals surface area (Å²) in [7, 11) is 3.00. The molecule has 1 heterocycles. The van der Waals surface area contributed by atoms with Gasteiger partial charge < -0.3 is 24.2 Å². The molecule has 182 valence electrons. The number of ketones is 1. The number of methoxy groups -OCH3 is 2. The van der Waals surface area contributed by atoms with Crippen LogP contribution in [-0.2, 0) is 9.59 Å². The fourth-order valence-corrected chi connectivity index (χ4v) is 4.16. The summed E-state index contributed by atoms with van der Waals surface area (Å²) in [6.45, 7) is 6.35. The van der Waals surface area contributed by atoms with E-state index in [1.807, 2.05) is 38.1 Å². The quantitative estimate of drug-likeness (QED) is 0.226. The predicted octanol–water partition coefficient (Wildman–Crippen LogP) is 5.10. The molecule has 0 aromatic heterocycles. The van der Waals surface area contributed by atoms with Crippen LogP contribution in [0.25, 0.3) is 5.76 Å². The molecule has 0 aliphatic carbocycles. The molecular formula is C27H33NO6. The molecule has 0 bridgehead atoms. The van der Waals surface area contributed by atoms with Crippen molar-refractivity contribution in [3.8, 4) is 17.2 Å². The number of carbonyl (C=O) groups is 2. The SMILES string of the molecule is CCCCCN1C(=O)C(=O)/C(=C(\O)c2ccc(OC)cc2OC)C1c1cccc(OC(C)C)c1. The molecule has 2 aromatic carbocycles. The number of hydrogen-bond donors (Lipinski definition) is 1. The smallest absolute Gasteiger partial charge is 0.295 e. The highest BCUT2D eigenvalue weighted by molar-refractivity contribution is 6.46. The number of hydrogen-bond acceptors (Lipinski definition) is 6. The Morgan fingerprint density at radius 2 is 1.79 bits per heavy atom. The molecule has 1 aliphatic heterocycles. The lowest BCUT2D eigenvalue weighted by Crippen LogP contribution is -2.30. The van der Waals surface area contributed by atoms with Crippen LogP contribution >= 0.6 is 0 Å². The van der Waals surface area contributed by atoms with Gasteiger partial charge in [-0.1, -0.05) is 31.9 Å². The summed E-state index contributed by atoms with van der Waals surface area (Å²) in [4.78, 5) is 27.9. The number of aliphatic hydroxyl groups is 1. The van der Waals surface area contributed by atoms with Crippen LogP contribution in [0.1, 0.15) is 57.2 Å². The fraction of sp³-hybridized carbons (Fsp3) is 0.407. The van der Waals surface area contributed by atoms with Gasteiger partial charge in [0.1, 0.15) is 23.0 Å². The van der Waals surface area contributed by atoms with E-state index in [0.29, 0.717) is 34.9 Å². The minimum Gasteiger partial charge on any atom is -0.507 e. The van der Waals surface area contributed by atoms with E-state index in [0.717, 1.165) is 19.3 Å². The van der Waals surface area contributed by atoms with Gasteiger partial charge in [0.25, 0.3) is 11.7 Å². The number of aliphatic hydroxyl groups excluding tert-OH is 1. The summed E-state index contributed by atoms with van der Waals surface area (Å²) in [5, 5.41) is 11.3. The van der Waals surface area contributed by atoms with Gasteiger partial charge in [-0.2, -0.15) is 0 Å². The number of carbonyl (C=O) groups excluding carboxylic acids is 2. The summed E-state index contributed by atoms with van der Waals surface area (Å²) in [6.07, 6.45) is 2.64. The average Bonchev–Trinajstić information content (AvgIpc) is 3.08. The van der Waals surface area contributed by atoms with Gasteiger partial charge in [0.05, 0.1) is 37.5 Å². The second kappa shape index (κ2) is 11.1. The Morgan fingerprint density at radius 3 is 2.44 bits per heavy atom. The molecule has 1 atom stereocenters. The summed E-state index contributed by atoms with van der Waals surface area (Å²) in [6, 6.07) is 11.5. The van der Waals surface area contributed by atoms with Crippen LogP contribution in [0.5, 0.6) is 17.2 Å². The summed E-state index contributed by atoms with van der Waals surface area (Å²) >= 11 is 0. The Bertz CT molecular complexity index is 1070. The molecule has 1 unspecified atom stereocenters. The van der Waals surface area contributed by atoms with Gasteiger partial charge in [0.15, 0.2) is 0 Å². The molecule has 7 heteroatoms. The Balaban J connectivity index is 2.17. The molecule has 34 heavy (non-hydrogen) atoms. The minimum atomic E-state index is -0.737. The lowest BCUT2D eigenvalue weighted by Gasteiger charge is -2.26. The Hall–Kier alpha value is -3.48. The second-order valence-corrected chi connectivity index (χ2v) is 8.50. The maximum Gasteiger partial charge on any atom is 0.295 e. The lowest BCUT2D eigenvalue weighted by atomic mass is 9.94. The summed E-state index contributed by atoms with van der Waals surface area (Å²) in [5.74, 6) is -0.102. The number of likely N-dealkylation sites (tertiary alicyclic amines) is 1. The monoisotopic (exact) mass is 467 g/mol. The largest absolute Gasteiger partial charge is 0.507 e. The van der Waals surface area contributed by atoms with Gasteiger partial charge in [-0.05, 0) is 50.1 Å². The zero-order chi connectivity index (χ0) is 24.8. The summed E-state index contributed by atoms with van der Waals surface area (Å²) in [5.41, 5.74) is 1.05. The number of ether oxygens (including phenoxy) is 3. The van der Waals surface area contributed by atoms with Crippen LogP contribution in [0, 0.1) is 0 Å². The summed E-state index contributed by atoms with van der Waals surface area (Å²) < 4.78 is 16.5. The molecule has 1 fully saturated rings. The Kier molecular flexibility index (Phi) is 8.21. The number of rotatable bonds is 10.